The number of piperidine rings is 1. The molecular weight excluding hydrogens is 232 g/mol. The Labute approximate surface area is 106 Å². The number of hydrogen-bond donors (Lipinski definition) is 1. The molecule has 6 heteroatoms. The zero-order valence-electron chi connectivity index (χ0n) is 10.7. The number of pyridine rings is 1. The maximum absolute atomic E-state index is 10.7. The third-order valence-electron chi connectivity index (χ3n) is 3.31. The summed E-state index contributed by atoms with van der Waals surface area (Å²) in [6.45, 7) is 6.26. The second-order valence-corrected chi connectivity index (χ2v) is 5.52. The molecule has 2 N–H and O–H groups in total. The molecule has 98 valence electrons. The summed E-state index contributed by atoms with van der Waals surface area (Å²) >= 11 is 0. The van der Waals surface area contributed by atoms with Crippen LogP contribution >= 0.6 is 0 Å². The van der Waals surface area contributed by atoms with Crippen molar-refractivity contribution in [3.63, 3.8) is 0 Å². The van der Waals surface area contributed by atoms with Crippen molar-refractivity contribution in [1.29, 1.82) is 0 Å². The van der Waals surface area contributed by atoms with E-state index in [0.717, 1.165) is 25.3 Å². The highest BCUT2D eigenvalue weighted by molar-refractivity contribution is 5.58. The Kier molecular flexibility index (Phi) is 3.11. The number of nitro groups is 1. The lowest BCUT2D eigenvalue weighted by Crippen LogP contribution is -2.40. The molecule has 0 saturated carbocycles. The predicted molar refractivity (Wildman–Crippen MR) is 70.5 cm³/mol. The summed E-state index contributed by atoms with van der Waals surface area (Å²) in [4.78, 5) is 16.5. The quantitative estimate of drug-likeness (QED) is 0.642. The molecule has 0 atom stereocenters. The molecule has 1 aromatic rings. The minimum Gasteiger partial charge on any atom is -0.378 e. The number of nitrogens with two attached hydrogens (primary N) is 1. The molecule has 0 spiro atoms. The number of anilines is 2. The Bertz CT molecular complexity index is 473. The van der Waals surface area contributed by atoms with Gasteiger partial charge in [0.05, 0.1) is 4.92 Å². The standard InChI is InChI=1S/C12H18N4O2/c1-12(2)6-3-7-15(8-12)10-5-4-9(16(17)18)11(13)14-10/h4-5H,3,6-8H2,1-2H3,(H2,13,14). The van der Waals surface area contributed by atoms with Crippen LogP contribution in [-0.4, -0.2) is 23.0 Å². The Hall–Kier alpha value is -1.85. The number of nitrogen functional groups attached to an aromatic ring is 1. The highest BCUT2D eigenvalue weighted by atomic mass is 16.6. The summed E-state index contributed by atoms with van der Waals surface area (Å²) < 4.78 is 0. The summed E-state index contributed by atoms with van der Waals surface area (Å²) in [6.07, 6.45) is 2.29. The van der Waals surface area contributed by atoms with Crippen LogP contribution in [-0.2, 0) is 0 Å². The Morgan fingerprint density at radius 3 is 2.78 bits per heavy atom. The van der Waals surface area contributed by atoms with Crippen molar-refractivity contribution >= 4 is 17.3 Å². The second-order valence-electron chi connectivity index (χ2n) is 5.52. The summed E-state index contributed by atoms with van der Waals surface area (Å²) in [6, 6.07) is 3.11. The Morgan fingerprint density at radius 1 is 1.50 bits per heavy atom. The van der Waals surface area contributed by atoms with Crippen molar-refractivity contribution in [3.8, 4) is 0 Å². The fourth-order valence-corrected chi connectivity index (χ4v) is 2.41. The molecule has 0 amide bonds. The third-order valence-corrected chi connectivity index (χ3v) is 3.31. The maximum atomic E-state index is 10.7. The molecule has 0 radical (unpaired) electrons. The van der Waals surface area contributed by atoms with Gasteiger partial charge in [0.1, 0.15) is 5.82 Å². The minimum absolute atomic E-state index is 0.0131. The molecule has 1 saturated heterocycles. The van der Waals surface area contributed by atoms with Crippen LogP contribution in [0.5, 0.6) is 0 Å². The molecule has 1 aliphatic rings. The highest BCUT2D eigenvalue weighted by Gasteiger charge is 2.27. The van der Waals surface area contributed by atoms with E-state index >= 15 is 0 Å². The molecule has 1 fully saturated rings. The first-order chi connectivity index (χ1) is 8.39. The first-order valence-corrected chi connectivity index (χ1v) is 6.05. The van der Waals surface area contributed by atoms with Gasteiger partial charge in [-0.2, -0.15) is 0 Å². The van der Waals surface area contributed by atoms with E-state index in [9.17, 15) is 10.1 Å². The van der Waals surface area contributed by atoms with Gasteiger partial charge in [0.15, 0.2) is 0 Å². The van der Waals surface area contributed by atoms with Crippen LogP contribution in [0.4, 0.5) is 17.3 Å². The molecule has 2 heterocycles. The van der Waals surface area contributed by atoms with Gasteiger partial charge in [0.25, 0.3) is 0 Å². The zero-order chi connectivity index (χ0) is 13.3. The van der Waals surface area contributed by atoms with E-state index in [1.165, 1.54) is 12.5 Å². The first-order valence-electron chi connectivity index (χ1n) is 6.05. The van der Waals surface area contributed by atoms with Gasteiger partial charge >= 0.3 is 5.69 Å². The summed E-state index contributed by atoms with van der Waals surface area (Å²) in [5.41, 5.74) is 5.73. The molecule has 0 unspecified atom stereocenters. The van der Waals surface area contributed by atoms with E-state index < -0.39 is 4.92 Å². The summed E-state index contributed by atoms with van der Waals surface area (Å²) in [5, 5.41) is 10.7. The predicted octanol–water partition coefficient (Wildman–Crippen LogP) is 2.20. The van der Waals surface area contributed by atoms with E-state index in [0.29, 0.717) is 0 Å². The van der Waals surface area contributed by atoms with E-state index in [-0.39, 0.29) is 16.9 Å². The molecule has 2 rings (SSSR count). The molecule has 6 nitrogen and oxygen atoms in total. The number of rotatable bonds is 2. The van der Waals surface area contributed by atoms with Crippen molar-refractivity contribution in [3.05, 3.63) is 22.2 Å². The third kappa shape index (κ3) is 2.52. The lowest BCUT2D eigenvalue weighted by atomic mass is 9.84. The number of aromatic nitrogens is 1. The van der Waals surface area contributed by atoms with Crippen LogP contribution in [0.2, 0.25) is 0 Å². The van der Waals surface area contributed by atoms with Crippen molar-refractivity contribution in [2.45, 2.75) is 26.7 Å². The molecule has 0 aromatic carbocycles. The second kappa shape index (κ2) is 4.44. The van der Waals surface area contributed by atoms with Crippen LogP contribution < -0.4 is 10.6 Å². The molecule has 1 aliphatic heterocycles. The van der Waals surface area contributed by atoms with Crippen molar-refractivity contribution in [1.82, 2.24) is 4.98 Å². The van der Waals surface area contributed by atoms with Crippen molar-refractivity contribution < 1.29 is 4.92 Å². The number of nitrogens with zero attached hydrogens (tertiary/aromatic N) is 3. The topological polar surface area (TPSA) is 85.3 Å². The van der Waals surface area contributed by atoms with Crippen molar-refractivity contribution in [2.75, 3.05) is 23.7 Å². The summed E-state index contributed by atoms with van der Waals surface area (Å²) in [7, 11) is 0. The molecule has 0 bridgehead atoms. The van der Waals surface area contributed by atoms with Crippen molar-refractivity contribution in [2.24, 2.45) is 5.41 Å². The van der Waals surface area contributed by atoms with Gasteiger partial charge in [-0.25, -0.2) is 4.98 Å². The van der Waals surface area contributed by atoms with E-state index in [2.05, 4.69) is 23.7 Å². The largest absolute Gasteiger partial charge is 0.378 e. The van der Waals surface area contributed by atoms with Gasteiger partial charge < -0.3 is 10.6 Å². The van der Waals surface area contributed by atoms with Gasteiger partial charge in [-0.1, -0.05) is 13.8 Å². The van der Waals surface area contributed by atoms with Crippen LogP contribution in [0, 0.1) is 15.5 Å². The minimum atomic E-state index is -0.508. The van der Waals surface area contributed by atoms with E-state index in [4.69, 9.17) is 5.73 Å². The molecular formula is C12H18N4O2. The highest BCUT2D eigenvalue weighted by Crippen LogP contribution is 2.32. The Morgan fingerprint density at radius 2 is 2.22 bits per heavy atom. The molecule has 0 aliphatic carbocycles. The smallest absolute Gasteiger partial charge is 0.311 e. The van der Waals surface area contributed by atoms with Gasteiger partial charge in [0, 0.05) is 19.2 Å². The SMILES string of the molecule is CC1(C)CCCN(c2ccc([N+](=O)[O-])c(N)n2)C1. The zero-order valence-corrected chi connectivity index (χ0v) is 10.7. The van der Waals surface area contributed by atoms with Crippen LogP contribution in [0.15, 0.2) is 12.1 Å². The van der Waals surface area contributed by atoms with Crippen LogP contribution in [0.3, 0.4) is 0 Å². The van der Waals surface area contributed by atoms with Crippen LogP contribution in [0.1, 0.15) is 26.7 Å². The van der Waals surface area contributed by atoms with Gasteiger partial charge in [-0.15, -0.1) is 0 Å². The lowest BCUT2D eigenvalue weighted by Gasteiger charge is -2.38. The van der Waals surface area contributed by atoms with Crippen LogP contribution in [0.25, 0.3) is 0 Å². The Balaban J connectivity index is 2.24. The summed E-state index contributed by atoms with van der Waals surface area (Å²) in [5.74, 6) is 0.715. The molecule has 1 aromatic heterocycles. The fourth-order valence-electron chi connectivity index (χ4n) is 2.41. The first kappa shape index (κ1) is 12.6. The van der Waals surface area contributed by atoms with Gasteiger partial charge in [-0.3, -0.25) is 10.1 Å². The van der Waals surface area contributed by atoms with E-state index in [1.54, 1.807) is 6.07 Å². The monoisotopic (exact) mass is 250 g/mol. The van der Waals surface area contributed by atoms with E-state index in [1.807, 2.05) is 0 Å². The van der Waals surface area contributed by atoms with Gasteiger partial charge in [-0.05, 0) is 24.3 Å². The fraction of sp³-hybridized carbons (Fsp3) is 0.583. The average Bonchev–Trinajstić information content (AvgIpc) is 2.27. The van der Waals surface area contributed by atoms with Gasteiger partial charge in [0.2, 0.25) is 5.82 Å². The lowest BCUT2D eigenvalue weighted by molar-refractivity contribution is -0.384. The molecule has 18 heavy (non-hydrogen) atoms. The maximum Gasteiger partial charge on any atom is 0.311 e. The number of hydrogen-bond acceptors (Lipinski definition) is 5. The normalized spacial score (nSPS) is 18.7. The average molecular weight is 250 g/mol.